The van der Waals surface area contributed by atoms with E-state index in [4.69, 9.17) is 9.26 Å². The first-order chi connectivity index (χ1) is 13.3. The van der Waals surface area contributed by atoms with Gasteiger partial charge in [0.05, 0.1) is 0 Å². The maximum absolute atomic E-state index is 13.0. The Morgan fingerprint density at radius 1 is 1.11 bits per heavy atom. The van der Waals surface area contributed by atoms with Crippen molar-refractivity contribution in [1.82, 2.24) is 10.1 Å². The van der Waals surface area contributed by atoms with Gasteiger partial charge in [0.25, 0.3) is 5.78 Å². The molecule has 0 saturated carbocycles. The van der Waals surface area contributed by atoms with Gasteiger partial charge >= 0.3 is 6.18 Å². The highest BCUT2D eigenvalue weighted by Crippen LogP contribution is 2.29. The van der Waals surface area contributed by atoms with E-state index < -0.39 is 17.5 Å². The fourth-order valence-corrected chi connectivity index (χ4v) is 2.43. The van der Waals surface area contributed by atoms with Gasteiger partial charge in [-0.1, -0.05) is 47.6 Å². The number of carbonyl (C=O) groups is 1. The summed E-state index contributed by atoms with van der Waals surface area (Å²) < 4.78 is 49.3. The van der Waals surface area contributed by atoms with E-state index in [9.17, 15) is 18.0 Å². The Labute approximate surface area is 158 Å². The van der Waals surface area contributed by atoms with Crippen molar-refractivity contribution in [3.63, 3.8) is 0 Å². The molecule has 0 atom stereocenters. The lowest BCUT2D eigenvalue weighted by Crippen LogP contribution is -2.23. The van der Waals surface area contributed by atoms with Crippen LogP contribution < -0.4 is 4.74 Å². The third-order valence-electron chi connectivity index (χ3n) is 3.72. The molecule has 2 aromatic carbocycles. The van der Waals surface area contributed by atoms with E-state index in [2.05, 4.69) is 10.1 Å². The van der Waals surface area contributed by atoms with Crippen molar-refractivity contribution in [2.75, 3.05) is 0 Å². The minimum absolute atomic E-state index is 0.0916. The van der Waals surface area contributed by atoms with Gasteiger partial charge in [-0.3, -0.25) is 4.79 Å². The van der Waals surface area contributed by atoms with E-state index in [-0.39, 0.29) is 12.2 Å². The molecule has 0 aliphatic heterocycles. The molecule has 0 aliphatic carbocycles. The summed E-state index contributed by atoms with van der Waals surface area (Å²) in [6.07, 6.45) is -3.76. The molecule has 0 amide bonds. The average molecular weight is 388 g/mol. The quantitative estimate of drug-likeness (QED) is 0.455. The summed E-state index contributed by atoms with van der Waals surface area (Å²) in [5.74, 6) is -0.625. The first-order valence-electron chi connectivity index (χ1n) is 8.23. The van der Waals surface area contributed by atoms with E-state index in [1.54, 1.807) is 49.4 Å². The maximum atomic E-state index is 13.0. The van der Waals surface area contributed by atoms with Crippen LogP contribution in [0.1, 0.15) is 22.8 Å². The predicted octanol–water partition coefficient (Wildman–Crippen LogP) is 4.63. The molecule has 1 heterocycles. The monoisotopic (exact) mass is 388 g/mol. The Morgan fingerprint density at radius 2 is 1.79 bits per heavy atom. The number of allylic oxidation sites excluding steroid dienone is 1. The summed E-state index contributed by atoms with van der Waals surface area (Å²) in [6.45, 7) is 1.75. The molecule has 0 radical (unpaired) electrons. The maximum Gasteiger partial charge on any atom is 0.454 e. The smallest absolute Gasteiger partial charge is 0.454 e. The molecule has 0 unspecified atom stereocenters. The largest absolute Gasteiger partial charge is 0.485 e. The van der Waals surface area contributed by atoms with Crippen LogP contribution >= 0.6 is 0 Å². The van der Waals surface area contributed by atoms with Gasteiger partial charge in [0.1, 0.15) is 5.75 Å². The molecular formula is C20H15F3N2O3. The third kappa shape index (κ3) is 4.85. The van der Waals surface area contributed by atoms with Gasteiger partial charge in [0, 0.05) is 12.5 Å². The molecule has 0 fully saturated rings. The van der Waals surface area contributed by atoms with Crippen molar-refractivity contribution < 1.29 is 27.2 Å². The van der Waals surface area contributed by atoms with Crippen LogP contribution in [-0.2, 0) is 11.4 Å². The summed E-state index contributed by atoms with van der Waals surface area (Å²) in [5, 5.41) is 3.70. The lowest BCUT2D eigenvalue weighted by Gasteiger charge is -2.10. The van der Waals surface area contributed by atoms with E-state index in [0.29, 0.717) is 23.0 Å². The van der Waals surface area contributed by atoms with Gasteiger partial charge < -0.3 is 9.26 Å². The van der Waals surface area contributed by atoms with Crippen LogP contribution in [0.15, 0.2) is 59.1 Å². The molecule has 0 aliphatic rings. The molecule has 3 aromatic rings. The van der Waals surface area contributed by atoms with Crippen LogP contribution in [0.25, 0.3) is 11.6 Å². The van der Waals surface area contributed by atoms with Crippen LogP contribution in [-0.4, -0.2) is 22.1 Å². The second kappa shape index (κ2) is 8.08. The fraction of sp³-hybridized carbons (Fsp3) is 0.150. The summed E-state index contributed by atoms with van der Waals surface area (Å²) in [6, 6.07) is 14.0. The Balaban J connectivity index is 1.81. The number of nitrogens with zero attached hydrogens (tertiary/aromatic N) is 2. The number of Topliss-reactive ketones (excluding diaryl/α,β-unsaturated/α-hetero) is 1. The van der Waals surface area contributed by atoms with Gasteiger partial charge in [-0.25, -0.2) is 0 Å². The molecular weight excluding hydrogens is 373 g/mol. The van der Waals surface area contributed by atoms with Crippen molar-refractivity contribution in [2.24, 2.45) is 0 Å². The minimum atomic E-state index is -4.96. The second-order valence-electron chi connectivity index (χ2n) is 5.84. The third-order valence-corrected chi connectivity index (χ3v) is 3.72. The van der Waals surface area contributed by atoms with Crippen LogP contribution in [0.5, 0.6) is 5.75 Å². The van der Waals surface area contributed by atoms with Gasteiger partial charge in [-0.2, -0.15) is 18.2 Å². The molecule has 3 rings (SSSR count). The number of aryl methyl sites for hydroxylation is 1. The number of benzene rings is 2. The number of alkyl halides is 3. The number of hydrogen-bond acceptors (Lipinski definition) is 5. The van der Waals surface area contributed by atoms with Crippen molar-refractivity contribution in [1.29, 1.82) is 0 Å². The fourth-order valence-electron chi connectivity index (χ4n) is 2.43. The number of halogens is 3. The molecule has 0 saturated heterocycles. The van der Waals surface area contributed by atoms with Crippen LogP contribution in [0.3, 0.4) is 0 Å². The standard InChI is InChI=1S/C20H15F3N2O3/c1-13-24-18(25-28-13)12-27-16-9-7-14(8-10-16)11-17(19(26)20(21,22)23)15-5-3-2-4-6-15/h2-11H,12H2,1H3. The normalized spacial score (nSPS) is 12.1. The lowest BCUT2D eigenvalue weighted by atomic mass is 9.98. The Bertz CT molecular complexity index is 978. The van der Waals surface area contributed by atoms with Crippen molar-refractivity contribution >= 4 is 17.4 Å². The number of aromatic nitrogens is 2. The van der Waals surface area contributed by atoms with Crippen molar-refractivity contribution in [3.8, 4) is 5.75 Å². The van der Waals surface area contributed by atoms with E-state index in [0.717, 1.165) is 0 Å². The van der Waals surface area contributed by atoms with Crippen LogP contribution in [0.2, 0.25) is 0 Å². The van der Waals surface area contributed by atoms with E-state index in [1.807, 2.05) is 0 Å². The predicted molar refractivity (Wildman–Crippen MR) is 95.2 cm³/mol. The highest BCUT2D eigenvalue weighted by Gasteiger charge is 2.40. The molecule has 28 heavy (non-hydrogen) atoms. The van der Waals surface area contributed by atoms with Crippen LogP contribution in [0.4, 0.5) is 13.2 Å². The zero-order chi connectivity index (χ0) is 20.1. The average Bonchev–Trinajstić information content (AvgIpc) is 3.10. The first kappa shape index (κ1) is 19.3. The van der Waals surface area contributed by atoms with Gasteiger partial charge in [0.15, 0.2) is 6.61 Å². The summed E-state index contributed by atoms with van der Waals surface area (Å²) >= 11 is 0. The second-order valence-corrected chi connectivity index (χ2v) is 5.84. The van der Waals surface area contributed by atoms with Crippen molar-refractivity contribution in [2.45, 2.75) is 19.7 Å². The van der Waals surface area contributed by atoms with E-state index in [1.165, 1.54) is 18.2 Å². The summed E-state index contributed by atoms with van der Waals surface area (Å²) in [4.78, 5) is 15.9. The number of hydrogen-bond donors (Lipinski definition) is 0. The van der Waals surface area contributed by atoms with Gasteiger partial charge in [-0.15, -0.1) is 0 Å². The first-order valence-corrected chi connectivity index (χ1v) is 8.23. The summed E-state index contributed by atoms with van der Waals surface area (Å²) in [7, 11) is 0. The SMILES string of the molecule is Cc1nc(COc2ccc(C=C(C(=O)C(F)(F)F)c3ccccc3)cc2)no1. The number of carbonyl (C=O) groups excluding carboxylic acids is 1. The summed E-state index contributed by atoms with van der Waals surface area (Å²) in [5.41, 5.74) is 0.195. The number of ketones is 1. The van der Waals surface area contributed by atoms with Crippen molar-refractivity contribution in [3.05, 3.63) is 77.4 Å². The molecule has 144 valence electrons. The molecule has 0 spiro atoms. The molecule has 5 nitrogen and oxygen atoms in total. The highest BCUT2D eigenvalue weighted by molar-refractivity contribution is 6.27. The number of rotatable bonds is 6. The van der Waals surface area contributed by atoms with Crippen LogP contribution in [0, 0.1) is 6.92 Å². The zero-order valence-corrected chi connectivity index (χ0v) is 14.7. The highest BCUT2D eigenvalue weighted by atomic mass is 19.4. The minimum Gasteiger partial charge on any atom is -0.485 e. The Kier molecular flexibility index (Phi) is 5.58. The zero-order valence-electron chi connectivity index (χ0n) is 14.7. The lowest BCUT2D eigenvalue weighted by molar-refractivity contribution is -0.164. The molecule has 8 heteroatoms. The molecule has 0 N–H and O–H groups in total. The Morgan fingerprint density at radius 3 is 2.36 bits per heavy atom. The number of ether oxygens (including phenoxy) is 1. The topological polar surface area (TPSA) is 65.2 Å². The van der Waals surface area contributed by atoms with Gasteiger partial charge in [0.2, 0.25) is 11.7 Å². The van der Waals surface area contributed by atoms with Gasteiger partial charge in [-0.05, 0) is 29.3 Å². The Hall–Kier alpha value is -3.42. The molecule has 0 bridgehead atoms. The van der Waals surface area contributed by atoms with E-state index >= 15 is 0 Å². The molecule has 1 aromatic heterocycles.